The number of hydrazone groups is 1. The average molecular weight is 561 g/mol. The second-order valence-electron chi connectivity index (χ2n) is 9.77. The maximum Gasteiger partial charge on any atom is 0.279 e. The topological polar surface area (TPSA) is 96.6 Å². The lowest BCUT2D eigenvalue weighted by Gasteiger charge is -2.21. The summed E-state index contributed by atoms with van der Waals surface area (Å²) in [5, 5.41) is 21.8. The van der Waals surface area contributed by atoms with Gasteiger partial charge in [0.25, 0.3) is 5.91 Å². The van der Waals surface area contributed by atoms with Gasteiger partial charge in [-0.15, -0.1) is 0 Å². The van der Waals surface area contributed by atoms with Gasteiger partial charge in [-0.25, -0.2) is 10.0 Å². The van der Waals surface area contributed by atoms with Gasteiger partial charge in [0.05, 0.1) is 36.9 Å². The summed E-state index contributed by atoms with van der Waals surface area (Å²) in [5.74, 6) is 0.700. The molecule has 0 saturated heterocycles. The highest BCUT2D eigenvalue weighted by Crippen LogP contribution is 2.43. The Balaban J connectivity index is 1.34. The Bertz CT molecular complexity index is 2000. The molecule has 7 rings (SSSR count). The van der Waals surface area contributed by atoms with Crippen LogP contribution in [0.25, 0.3) is 16.3 Å². The third-order valence-electron chi connectivity index (χ3n) is 7.42. The molecule has 9 heteroatoms. The molecule has 8 nitrogen and oxygen atoms in total. The zero-order chi connectivity index (χ0) is 28.1. The minimum absolute atomic E-state index is 0.179. The van der Waals surface area contributed by atoms with Crippen LogP contribution in [0.1, 0.15) is 28.5 Å². The third kappa shape index (κ3) is 4.31. The highest BCUT2D eigenvalue weighted by molar-refractivity contribution is 7.17. The normalized spacial score (nSPS) is 16.1. The summed E-state index contributed by atoms with van der Waals surface area (Å²) in [7, 11) is 3.20. The zero-order valence-electron chi connectivity index (χ0n) is 22.2. The van der Waals surface area contributed by atoms with Crippen LogP contribution in [0.3, 0.4) is 0 Å². The molecule has 0 fully saturated rings. The molecule has 4 aromatic carbocycles. The van der Waals surface area contributed by atoms with Gasteiger partial charge < -0.3 is 14.6 Å². The van der Waals surface area contributed by atoms with Crippen LogP contribution in [0.15, 0.2) is 95.0 Å². The van der Waals surface area contributed by atoms with Gasteiger partial charge in [-0.1, -0.05) is 59.9 Å². The molecule has 41 heavy (non-hydrogen) atoms. The van der Waals surface area contributed by atoms with Gasteiger partial charge in [-0.2, -0.15) is 10.1 Å². The fourth-order valence-electron chi connectivity index (χ4n) is 5.32. The van der Waals surface area contributed by atoms with E-state index in [1.54, 1.807) is 32.4 Å². The van der Waals surface area contributed by atoms with Gasteiger partial charge in [0.15, 0.2) is 0 Å². The number of aromatic hydroxyl groups is 1. The lowest BCUT2D eigenvalue weighted by Crippen LogP contribution is -2.23. The summed E-state index contributed by atoms with van der Waals surface area (Å²) in [6.45, 7) is 0. The molecule has 2 aliphatic rings. The quantitative estimate of drug-likeness (QED) is 0.323. The number of aromatic nitrogens is 1. The van der Waals surface area contributed by atoms with Crippen molar-refractivity contribution in [3.05, 3.63) is 112 Å². The Morgan fingerprint density at radius 3 is 2.44 bits per heavy atom. The minimum Gasteiger partial charge on any atom is -0.497 e. The number of methoxy groups -OCH3 is 2. The van der Waals surface area contributed by atoms with Gasteiger partial charge >= 0.3 is 0 Å². The van der Waals surface area contributed by atoms with Crippen molar-refractivity contribution in [3.8, 4) is 17.4 Å². The third-order valence-corrected chi connectivity index (χ3v) is 8.48. The van der Waals surface area contributed by atoms with Gasteiger partial charge in [0.1, 0.15) is 16.4 Å². The highest BCUT2D eigenvalue weighted by Gasteiger charge is 2.34. The number of nitrogens with zero attached hydrogens (tertiary/aromatic N) is 4. The molecule has 5 aromatic rings. The standard InChI is InChI=1S/C32H24N4O4S/c1-39-22-11-9-19(10-12-22)27-17-26(21-8-7-18-5-3-4-6-20(18)15-21)35-36(27)32-34-31(38)29(41-32)28-24-16-23(40-2)13-14-25(24)33-30(28)37/h3-16,27,38H,17H2,1-2H3. The number of rotatable bonds is 6. The number of amides is 1. The van der Waals surface area contributed by atoms with Crippen molar-refractivity contribution in [2.75, 3.05) is 19.2 Å². The number of carbonyl (C=O) groups is 1. The van der Waals surface area contributed by atoms with E-state index in [4.69, 9.17) is 14.6 Å². The molecule has 202 valence electrons. The van der Waals surface area contributed by atoms with Crippen LogP contribution in [0.2, 0.25) is 0 Å². The second kappa shape index (κ2) is 9.87. The largest absolute Gasteiger partial charge is 0.497 e. The Morgan fingerprint density at radius 2 is 1.66 bits per heavy atom. The van der Waals surface area contributed by atoms with E-state index in [1.807, 2.05) is 41.4 Å². The van der Waals surface area contributed by atoms with Gasteiger partial charge in [-0.3, -0.25) is 4.79 Å². The summed E-state index contributed by atoms with van der Waals surface area (Å²) in [6, 6.07) is 27.5. The van der Waals surface area contributed by atoms with Gasteiger partial charge in [0.2, 0.25) is 11.0 Å². The van der Waals surface area contributed by atoms with E-state index in [-0.39, 0.29) is 11.9 Å². The SMILES string of the molecule is COc1ccc(C2CC(c3ccc4ccccc4c3)=NN2c2nc(O)c(C3=c4cc(OC)ccc4=NC3=O)s2)cc1. The lowest BCUT2D eigenvalue weighted by molar-refractivity contribution is -0.112. The van der Waals surface area contributed by atoms with E-state index in [9.17, 15) is 9.90 Å². The fourth-order valence-corrected chi connectivity index (χ4v) is 6.33. The van der Waals surface area contributed by atoms with Gasteiger partial charge in [-0.05, 0) is 58.3 Å². The Kier molecular flexibility index (Phi) is 6.01. The molecule has 0 saturated carbocycles. The van der Waals surface area contributed by atoms with E-state index < -0.39 is 5.91 Å². The molecular formula is C32H24N4O4S. The van der Waals surface area contributed by atoms with E-state index in [2.05, 4.69) is 40.3 Å². The zero-order valence-corrected chi connectivity index (χ0v) is 23.1. The smallest absolute Gasteiger partial charge is 0.279 e. The lowest BCUT2D eigenvalue weighted by atomic mass is 9.97. The average Bonchev–Trinajstić information content (AvgIpc) is 3.70. The van der Waals surface area contributed by atoms with Crippen LogP contribution in [0.4, 0.5) is 5.13 Å². The number of anilines is 1. The molecule has 0 spiro atoms. The van der Waals surface area contributed by atoms with Crippen LogP contribution in [0.5, 0.6) is 17.4 Å². The number of carbonyl (C=O) groups excluding carboxylic acids is 1. The molecule has 2 aliphatic heterocycles. The number of hydrogen-bond acceptors (Lipinski definition) is 8. The first-order chi connectivity index (χ1) is 20.0. The summed E-state index contributed by atoms with van der Waals surface area (Å²) in [4.78, 5) is 22.0. The Hall–Kier alpha value is -5.02. The molecule has 3 heterocycles. The predicted molar refractivity (Wildman–Crippen MR) is 158 cm³/mol. The number of benzene rings is 4. The van der Waals surface area contributed by atoms with Crippen molar-refractivity contribution < 1.29 is 19.4 Å². The summed E-state index contributed by atoms with van der Waals surface area (Å²) >= 11 is 1.22. The Labute approximate surface area is 239 Å². The minimum atomic E-state index is -0.424. The monoisotopic (exact) mass is 560 g/mol. The van der Waals surface area contributed by atoms with E-state index in [0.29, 0.717) is 38.3 Å². The number of thiazole rings is 1. The van der Waals surface area contributed by atoms with Gasteiger partial charge in [0, 0.05) is 11.6 Å². The maximum atomic E-state index is 13.0. The molecule has 0 bridgehead atoms. The Morgan fingerprint density at radius 1 is 0.902 bits per heavy atom. The van der Waals surface area contributed by atoms with Crippen LogP contribution in [0, 0.1) is 0 Å². The predicted octanol–water partition coefficient (Wildman–Crippen LogP) is 4.73. The summed E-state index contributed by atoms with van der Waals surface area (Å²) < 4.78 is 10.7. The molecular weight excluding hydrogens is 536 g/mol. The first kappa shape index (κ1) is 25.0. The molecule has 1 atom stereocenters. The van der Waals surface area contributed by atoms with Crippen LogP contribution < -0.4 is 25.1 Å². The first-order valence-corrected chi connectivity index (χ1v) is 13.9. The molecule has 1 unspecified atom stereocenters. The van der Waals surface area contributed by atoms with E-state index >= 15 is 0 Å². The van der Waals surface area contributed by atoms with Crippen molar-refractivity contribution in [2.45, 2.75) is 12.5 Å². The van der Waals surface area contributed by atoms with Crippen LogP contribution in [-0.2, 0) is 4.79 Å². The molecule has 1 aromatic heterocycles. The molecule has 0 aliphatic carbocycles. The number of fused-ring (bicyclic) bond motifs is 2. The van der Waals surface area contributed by atoms with Crippen molar-refractivity contribution >= 4 is 44.4 Å². The fraction of sp³-hybridized carbons (Fsp3) is 0.125. The molecule has 0 radical (unpaired) electrons. The van der Waals surface area contributed by atoms with E-state index in [1.165, 1.54) is 11.3 Å². The van der Waals surface area contributed by atoms with Crippen molar-refractivity contribution in [1.29, 1.82) is 0 Å². The summed E-state index contributed by atoms with van der Waals surface area (Å²) in [6.07, 6.45) is 0.630. The molecule has 1 N–H and O–H groups in total. The van der Waals surface area contributed by atoms with Crippen molar-refractivity contribution in [1.82, 2.24) is 4.98 Å². The first-order valence-electron chi connectivity index (χ1n) is 13.0. The van der Waals surface area contributed by atoms with Crippen LogP contribution in [-0.4, -0.2) is 35.9 Å². The van der Waals surface area contributed by atoms with Crippen LogP contribution >= 0.6 is 11.3 Å². The number of ether oxygens (including phenoxy) is 2. The van der Waals surface area contributed by atoms with Crippen molar-refractivity contribution in [3.63, 3.8) is 0 Å². The van der Waals surface area contributed by atoms with E-state index in [0.717, 1.165) is 33.4 Å². The summed E-state index contributed by atoms with van der Waals surface area (Å²) in [5.41, 5.74) is 3.25. The van der Waals surface area contributed by atoms with Crippen molar-refractivity contribution in [2.24, 2.45) is 10.1 Å². The number of hydrogen-bond donors (Lipinski definition) is 1. The molecule has 1 amide bonds. The second-order valence-corrected chi connectivity index (χ2v) is 10.7. The highest BCUT2D eigenvalue weighted by atomic mass is 32.1. The maximum absolute atomic E-state index is 13.0.